The number of hydrogen-bond acceptors (Lipinski definition) is 3. The van der Waals surface area contributed by atoms with Crippen LogP contribution in [0.2, 0.25) is 0 Å². The summed E-state index contributed by atoms with van der Waals surface area (Å²) in [4.78, 5) is 13.8. The second kappa shape index (κ2) is 5.63. The number of fused-ring (bicyclic) bond motifs is 1. The van der Waals surface area contributed by atoms with Gasteiger partial charge < -0.3 is 5.11 Å². The van der Waals surface area contributed by atoms with E-state index in [0.717, 1.165) is 25.3 Å². The smallest absolute Gasteiger partial charge is 0.320 e. The van der Waals surface area contributed by atoms with Gasteiger partial charge in [0.05, 0.1) is 0 Å². The van der Waals surface area contributed by atoms with Crippen molar-refractivity contribution in [1.29, 1.82) is 0 Å². The summed E-state index contributed by atoms with van der Waals surface area (Å²) in [7, 11) is 0. The summed E-state index contributed by atoms with van der Waals surface area (Å²) in [5.41, 5.74) is 1.27. The summed E-state index contributed by atoms with van der Waals surface area (Å²) in [6.07, 6.45) is 6.97. The number of carboxylic acid groups (broad SMARTS) is 1. The Kier molecular flexibility index (Phi) is 3.89. The van der Waals surface area contributed by atoms with Crippen LogP contribution in [0, 0.1) is 5.92 Å². The average molecular weight is 279 g/mol. The van der Waals surface area contributed by atoms with Crippen molar-refractivity contribution in [3.63, 3.8) is 0 Å². The molecule has 104 valence electrons. The second-order valence-electron chi connectivity index (χ2n) is 5.85. The molecule has 0 spiro atoms. The maximum Gasteiger partial charge on any atom is 0.320 e. The molecule has 1 N–H and O–H groups in total. The fraction of sp³-hybridized carbons (Fsp3) is 0.667. The molecule has 19 heavy (non-hydrogen) atoms. The number of carbonyl (C=O) groups is 1. The Labute approximate surface area is 118 Å². The normalized spacial score (nSPS) is 31.9. The van der Waals surface area contributed by atoms with E-state index in [9.17, 15) is 9.90 Å². The molecular weight excluding hydrogens is 258 g/mol. The zero-order valence-corrected chi connectivity index (χ0v) is 11.9. The fourth-order valence-electron chi connectivity index (χ4n) is 3.82. The van der Waals surface area contributed by atoms with Crippen molar-refractivity contribution < 1.29 is 9.90 Å². The molecule has 1 saturated carbocycles. The first-order chi connectivity index (χ1) is 9.25. The summed E-state index contributed by atoms with van der Waals surface area (Å²) in [5.74, 6) is 0.0854. The number of piperidine rings is 1. The van der Waals surface area contributed by atoms with E-state index in [0.29, 0.717) is 6.04 Å². The molecule has 1 aliphatic carbocycles. The number of rotatable bonds is 3. The van der Waals surface area contributed by atoms with Gasteiger partial charge in [-0.05, 0) is 54.0 Å². The maximum absolute atomic E-state index is 11.5. The summed E-state index contributed by atoms with van der Waals surface area (Å²) in [6, 6.07) is 2.33. The molecule has 2 fully saturated rings. The molecule has 0 amide bonds. The van der Waals surface area contributed by atoms with Crippen LogP contribution in [-0.2, 0) is 11.3 Å². The van der Waals surface area contributed by atoms with Crippen LogP contribution >= 0.6 is 11.3 Å². The van der Waals surface area contributed by atoms with Crippen LogP contribution in [0.15, 0.2) is 16.8 Å². The van der Waals surface area contributed by atoms with Gasteiger partial charge in [0, 0.05) is 12.6 Å². The SMILES string of the molecule is O=C(O)C1CCC2CCCCC2N1Cc1ccsc1. The van der Waals surface area contributed by atoms with Crippen molar-refractivity contribution >= 4 is 17.3 Å². The van der Waals surface area contributed by atoms with Crippen molar-refractivity contribution in [3.05, 3.63) is 22.4 Å². The lowest BCUT2D eigenvalue weighted by Gasteiger charge is -2.47. The lowest BCUT2D eigenvalue weighted by atomic mass is 9.76. The quantitative estimate of drug-likeness (QED) is 0.922. The molecule has 3 unspecified atom stereocenters. The third kappa shape index (κ3) is 2.70. The maximum atomic E-state index is 11.5. The van der Waals surface area contributed by atoms with Gasteiger partial charge >= 0.3 is 5.97 Å². The van der Waals surface area contributed by atoms with E-state index in [2.05, 4.69) is 21.7 Å². The predicted octanol–water partition coefficient (Wildman–Crippen LogP) is 3.36. The van der Waals surface area contributed by atoms with Crippen LogP contribution < -0.4 is 0 Å². The molecule has 1 aliphatic heterocycles. The van der Waals surface area contributed by atoms with E-state index in [-0.39, 0.29) is 6.04 Å². The molecule has 3 nitrogen and oxygen atoms in total. The van der Waals surface area contributed by atoms with Gasteiger partial charge in [-0.15, -0.1) is 0 Å². The monoisotopic (exact) mass is 279 g/mol. The number of nitrogens with zero attached hydrogens (tertiary/aromatic N) is 1. The molecule has 0 radical (unpaired) electrons. The Balaban J connectivity index is 1.81. The third-order valence-electron chi connectivity index (χ3n) is 4.74. The molecule has 1 aromatic rings. The number of hydrogen-bond donors (Lipinski definition) is 1. The first kappa shape index (κ1) is 13.1. The van der Waals surface area contributed by atoms with E-state index in [4.69, 9.17) is 0 Å². The van der Waals surface area contributed by atoms with E-state index >= 15 is 0 Å². The third-order valence-corrected chi connectivity index (χ3v) is 5.47. The molecule has 2 aliphatic rings. The minimum Gasteiger partial charge on any atom is -0.480 e. The van der Waals surface area contributed by atoms with E-state index in [1.54, 1.807) is 11.3 Å². The number of likely N-dealkylation sites (tertiary alicyclic amines) is 1. The highest BCUT2D eigenvalue weighted by Gasteiger charge is 2.41. The lowest BCUT2D eigenvalue weighted by molar-refractivity contribution is -0.148. The van der Waals surface area contributed by atoms with Crippen LogP contribution in [0.25, 0.3) is 0 Å². The Morgan fingerprint density at radius 1 is 1.32 bits per heavy atom. The topological polar surface area (TPSA) is 40.5 Å². The standard InChI is InChI=1S/C15H21NO2S/c17-15(18)14-6-5-12-3-1-2-4-13(12)16(14)9-11-7-8-19-10-11/h7-8,10,12-14H,1-6,9H2,(H,17,18). The highest BCUT2D eigenvalue weighted by Crippen LogP contribution is 2.38. The molecule has 0 aromatic carbocycles. The van der Waals surface area contributed by atoms with Gasteiger partial charge in [-0.25, -0.2) is 0 Å². The fourth-order valence-corrected chi connectivity index (χ4v) is 4.48. The van der Waals surface area contributed by atoms with E-state index < -0.39 is 5.97 Å². The zero-order chi connectivity index (χ0) is 13.2. The van der Waals surface area contributed by atoms with Gasteiger partial charge in [-0.3, -0.25) is 9.69 Å². The van der Waals surface area contributed by atoms with E-state index in [1.807, 2.05) is 0 Å². The lowest BCUT2D eigenvalue weighted by Crippen LogP contribution is -2.54. The first-order valence-corrected chi connectivity index (χ1v) is 8.19. The molecule has 3 atom stereocenters. The zero-order valence-electron chi connectivity index (χ0n) is 11.1. The Morgan fingerprint density at radius 2 is 2.16 bits per heavy atom. The van der Waals surface area contributed by atoms with Gasteiger partial charge in [-0.2, -0.15) is 11.3 Å². The van der Waals surface area contributed by atoms with Crippen molar-refractivity contribution in [3.8, 4) is 0 Å². The molecule has 4 heteroatoms. The molecule has 1 saturated heterocycles. The summed E-state index contributed by atoms with van der Waals surface area (Å²) in [5, 5.41) is 13.7. The van der Waals surface area contributed by atoms with Crippen LogP contribution in [0.1, 0.15) is 44.1 Å². The van der Waals surface area contributed by atoms with Crippen LogP contribution in [0.5, 0.6) is 0 Å². The highest BCUT2D eigenvalue weighted by molar-refractivity contribution is 7.07. The van der Waals surface area contributed by atoms with Gasteiger partial charge in [0.15, 0.2) is 0 Å². The molecule has 1 aromatic heterocycles. The van der Waals surface area contributed by atoms with Crippen molar-refractivity contribution in [2.24, 2.45) is 5.92 Å². The predicted molar refractivity (Wildman–Crippen MR) is 76.3 cm³/mol. The van der Waals surface area contributed by atoms with Gasteiger partial charge in [0.2, 0.25) is 0 Å². The Hall–Kier alpha value is -0.870. The summed E-state index contributed by atoms with van der Waals surface area (Å²) >= 11 is 1.69. The van der Waals surface area contributed by atoms with E-state index in [1.165, 1.54) is 31.2 Å². The minimum absolute atomic E-state index is 0.278. The molecule has 3 rings (SSSR count). The summed E-state index contributed by atoms with van der Waals surface area (Å²) in [6.45, 7) is 0.807. The van der Waals surface area contributed by atoms with Crippen molar-refractivity contribution in [2.45, 2.75) is 57.2 Å². The number of thiophene rings is 1. The molecule has 0 bridgehead atoms. The Morgan fingerprint density at radius 3 is 2.89 bits per heavy atom. The highest BCUT2D eigenvalue weighted by atomic mass is 32.1. The van der Waals surface area contributed by atoms with Gasteiger partial charge in [0.25, 0.3) is 0 Å². The minimum atomic E-state index is -0.640. The number of carboxylic acids is 1. The van der Waals surface area contributed by atoms with Gasteiger partial charge in [0.1, 0.15) is 6.04 Å². The van der Waals surface area contributed by atoms with Crippen molar-refractivity contribution in [1.82, 2.24) is 4.90 Å². The van der Waals surface area contributed by atoms with Crippen molar-refractivity contribution in [2.75, 3.05) is 0 Å². The summed E-state index contributed by atoms with van der Waals surface area (Å²) < 4.78 is 0. The second-order valence-corrected chi connectivity index (χ2v) is 6.63. The number of aliphatic carboxylic acids is 1. The Bertz CT molecular complexity index is 431. The van der Waals surface area contributed by atoms with Gasteiger partial charge in [-0.1, -0.05) is 12.8 Å². The average Bonchev–Trinajstić information content (AvgIpc) is 2.92. The van der Waals surface area contributed by atoms with Crippen LogP contribution in [0.3, 0.4) is 0 Å². The molecular formula is C15H21NO2S. The van der Waals surface area contributed by atoms with Crippen LogP contribution in [-0.4, -0.2) is 28.1 Å². The largest absolute Gasteiger partial charge is 0.480 e. The molecule has 2 heterocycles. The van der Waals surface area contributed by atoms with Crippen LogP contribution in [0.4, 0.5) is 0 Å². The first-order valence-electron chi connectivity index (χ1n) is 7.25.